The monoisotopic (exact) mass is 431 g/mol. The summed E-state index contributed by atoms with van der Waals surface area (Å²) >= 11 is 0. The summed E-state index contributed by atoms with van der Waals surface area (Å²) in [6.45, 7) is 0. The highest BCUT2D eigenvalue weighted by Gasteiger charge is 2.31. The van der Waals surface area contributed by atoms with E-state index in [1.165, 1.54) is 5.57 Å². The second-order valence-corrected chi connectivity index (χ2v) is 8.15. The summed E-state index contributed by atoms with van der Waals surface area (Å²) in [4.78, 5) is 10.9. The van der Waals surface area contributed by atoms with Gasteiger partial charge in [-0.15, -0.1) is 0 Å². The van der Waals surface area contributed by atoms with Crippen molar-refractivity contribution in [2.24, 2.45) is 5.92 Å². The number of nitrogens with zero attached hydrogens (tertiary/aromatic N) is 2. The van der Waals surface area contributed by atoms with Crippen molar-refractivity contribution in [1.82, 2.24) is 10.2 Å². The fraction of sp³-hybridized carbons (Fsp3) is 0.107. The lowest BCUT2D eigenvalue weighted by Gasteiger charge is -2.18. The van der Waals surface area contributed by atoms with Crippen LogP contribution in [0, 0.1) is 17.2 Å². The van der Waals surface area contributed by atoms with E-state index in [1.807, 2.05) is 54.6 Å². The van der Waals surface area contributed by atoms with Crippen molar-refractivity contribution in [2.75, 3.05) is 0 Å². The number of carbonyl (C=O) groups is 1. The van der Waals surface area contributed by atoms with Crippen LogP contribution in [-0.2, 0) is 4.79 Å². The maximum Gasteiger partial charge on any atom is 0.328 e. The molecule has 4 aromatic rings. The summed E-state index contributed by atoms with van der Waals surface area (Å²) in [5.74, 6) is -0.549. The quantitative estimate of drug-likeness (QED) is 0.294. The van der Waals surface area contributed by atoms with Gasteiger partial charge in [-0.2, -0.15) is 10.4 Å². The Bertz CT molecular complexity index is 1430. The van der Waals surface area contributed by atoms with Crippen LogP contribution in [0.1, 0.15) is 40.7 Å². The number of fused-ring (bicyclic) bond motifs is 1. The van der Waals surface area contributed by atoms with Gasteiger partial charge in [0.15, 0.2) is 0 Å². The van der Waals surface area contributed by atoms with Crippen molar-refractivity contribution in [1.29, 1.82) is 5.26 Å². The van der Waals surface area contributed by atoms with Crippen LogP contribution in [0.2, 0.25) is 0 Å². The van der Waals surface area contributed by atoms with Crippen LogP contribution in [-0.4, -0.2) is 21.3 Å². The first kappa shape index (κ1) is 20.5. The average molecular weight is 431 g/mol. The molecule has 0 unspecified atom stereocenters. The lowest BCUT2D eigenvalue weighted by molar-refractivity contribution is -0.131. The molecule has 33 heavy (non-hydrogen) atoms. The molecule has 3 aromatic carbocycles. The second kappa shape index (κ2) is 8.60. The van der Waals surface area contributed by atoms with Gasteiger partial charge >= 0.3 is 5.97 Å². The van der Waals surface area contributed by atoms with Crippen molar-refractivity contribution >= 4 is 34.1 Å². The van der Waals surface area contributed by atoms with E-state index in [4.69, 9.17) is 5.11 Å². The van der Waals surface area contributed by atoms with Gasteiger partial charge in [0.1, 0.15) is 6.07 Å². The van der Waals surface area contributed by atoms with Gasteiger partial charge in [-0.3, -0.25) is 5.10 Å². The smallest absolute Gasteiger partial charge is 0.328 e. The topological polar surface area (TPSA) is 89.8 Å². The minimum absolute atomic E-state index is 0.431. The van der Waals surface area contributed by atoms with Gasteiger partial charge in [-0.25, -0.2) is 4.79 Å². The van der Waals surface area contributed by atoms with Gasteiger partial charge in [0, 0.05) is 17.0 Å². The van der Waals surface area contributed by atoms with E-state index in [0.717, 1.165) is 57.6 Å². The molecule has 1 aliphatic rings. The number of nitrogens with one attached hydrogen (secondary N) is 1. The zero-order valence-corrected chi connectivity index (χ0v) is 17.8. The van der Waals surface area contributed by atoms with E-state index in [-0.39, 0.29) is 0 Å². The Morgan fingerprint density at radius 3 is 2.45 bits per heavy atom. The number of carboxylic acids is 1. The van der Waals surface area contributed by atoms with E-state index in [0.29, 0.717) is 11.5 Å². The van der Waals surface area contributed by atoms with Gasteiger partial charge in [-0.1, -0.05) is 60.7 Å². The minimum atomic E-state index is -0.980. The van der Waals surface area contributed by atoms with Crippen LogP contribution in [0.25, 0.3) is 28.1 Å². The van der Waals surface area contributed by atoms with Crippen molar-refractivity contribution in [3.8, 4) is 6.07 Å². The summed E-state index contributed by atoms with van der Waals surface area (Å²) in [7, 11) is 0. The molecule has 0 spiro atoms. The summed E-state index contributed by atoms with van der Waals surface area (Å²) in [6.07, 6.45) is 6.64. The van der Waals surface area contributed by atoms with Crippen LogP contribution >= 0.6 is 0 Å². The average Bonchev–Trinajstić information content (AvgIpc) is 3.56. The number of nitriles is 1. The van der Waals surface area contributed by atoms with Crippen LogP contribution < -0.4 is 0 Å². The van der Waals surface area contributed by atoms with Crippen molar-refractivity contribution in [3.05, 3.63) is 107 Å². The minimum Gasteiger partial charge on any atom is -0.478 e. The first-order chi connectivity index (χ1) is 16.2. The predicted molar refractivity (Wildman–Crippen MR) is 129 cm³/mol. The zero-order valence-electron chi connectivity index (χ0n) is 17.8. The Morgan fingerprint density at radius 2 is 1.79 bits per heavy atom. The number of benzene rings is 3. The largest absolute Gasteiger partial charge is 0.478 e. The molecule has 0 amide bonds. The molecule has 5 heteroatoms. The lowest BCUT2D eigenvalue weighted by Crippen LogP contribution is -2.00. The highest BCUT2D eigenvalue weighted by Crippen LogP contribution is 2.48. The number of aromatic nitrogens is 2. The van der Waals surface area contributed by atoms with Crippen molar-refractivity contribution < 1.29 is 9.90 Å². The lowest BCUT2D eigenvalue weighted by atomic mass is 9.84. The zero-order chi connectivity index (χ0) is 22.8. The molecule has 0 aliphatic heterocycles. The van der Waals surface area contributed by atoms with Crippen LogP contribution in [0.3, 0.4) is 0 Å². The molecule has 1 aliphatic carbocycles. The number of rotatable bonds is 6. The molecule has 160 valence electrons. The fourth-order valence-electron chi connectivity index (χ4n) is 4.30. The van der Waals surface area contributed by atoms with E-state index in [9.17, 15) is 10.1 Å². The number of aliphatic carboxylic acids is 1. The number of hydrogen-bond acceptors (Lipinski definition) is 3. The first-order valence-electron chi connectivity index (χ1n) is 10.8. The van der Waals surface area contributed by atoms with Crippen molar-refractivity contribution in [3.63, 3.8) is 0 Å². The highest BCUT2D eigenvalue weighted by atomic mass is 16.4. The molecule has 1 heterocycles. The Morgan fingerprint density at radius 1 is 1.03 bits per heavy atom. The molecular formula is C28H21N3O2. The van der Waals surface area contributed by atoms with E-state index in [2.05, 4.69) is 28.4 Å². The second-order valence-electron chi connectivity index (χ2n) is 8.15. The Labute approximate surface area is 191 Å². The van der Waals surface area contributed by atoms with E-state index < -0.39 is 5.97 Å². The van der Waals surface area contributed by atoms with Gasteiger partial charge < -0.3 is 5.11 Å². The molecule has 5 rings (SSSR count). The number of aromatic amines is 1. The molecule has 0 atom stereocenters. The number of H-pyrrole nitrogens is 1. The molecule has 2 N–H and O–H groups in total. The number of hydrogen-bond donors (Lipinski definition) is 2. The van der Waals surface area contributed by atoms with Crippen molar-refractivity contribution in [2.45, 2.75) is 12.8 Å². The summed E-state index contributed by atoms with van der Waals surface area (Å²) < 4.78 is 0. The van der Waals surface area contributed by atoms with Crippen LogP contribution in [0.4, 0.5) is 0 Å². The van der Waals surface area contributed by atoms with Gasteiger partial charge in [-0.05, 0) is 58.7 Å². The summed E-state index contributed by atoms with van der Waals surface area (Å²) in [6, 6.07) is 24.5. The Hall–Kier alpha value is -4.43. The van der Waals surface area contributed by atoms with Crippen LogP contribution in [0.5, 0.6) is 0 Å². The summed E-state index contributed by atoms with van der Waals surface area (Å²) in [5, 5.41) is 26.9. The fourth-order valence-corrected chi connectivity index (χ4v) is 4.30. The van der Waals surface area contributed by atoms with Crippen LogP contribution in [0.15, 0.2) is 79.0 Å². The summed E-state index contributed by atoms with van der Waals surface area (Å²) in [5.41, 5.74) is 7.54. The van der Waals surface area contributed by atoms with E-state index in [1.54, 1.807) is 12.3 Å². The molecule has 5 nitrogen and oxygen atoms in total. The molecule has 0 saturated heterocycles. The third-order valence-electron chi connectivity index (χ3n) is 5.96. The number of carboxylic acid groups (broad SMARTS) is 1. The van der Waals surface area contributed by atoms with E-state index >= 15 is 0 Å². The SMILES string of the molecule is N#Cc1c(C(=C(c2ccccc2)C2CC2)c2ccc(C=CC(=O)O)cc2)ccc2[nH]ncc12. The van der Waals surface area contributed by atoms with Gasteiger partial charge in [0.2, 0.25) is 0 Å². The standard InChI is InChI=1S/C28H21N3O2/c29-16-23-22(13-14-25-24(23)17-30-31-25)28(21-9-6-18(7-10-21)8-15-26(32)33)27(20-11-12-20)19-4-2-1-3-5-19/h1-10,13-15,17,20H,11-12H2,(H,30,31)(H,32,33). The third-order valence-corrected chi connectivity index (χ3v) is 5.96. The first-order valence-corrected chi connectivity index (χ1v) is 10.8. The van der Waals surface area contributed by atoms with Gasteiger partial charge in [0.05, 0.1) is 17.3 Å². The molecule has 1 fully saturated rings. The number of allylic oxidation sites excluding steroid dienone is 1. The normalized spacial score (nSPS) is 14.3. The maximum atomic E-state index is 10.9. The third kappa shape index (κ3) is 4.07. The molecule has 0 bridgehead atoms. The van der Waals surface area contributed by atoms with Gasteiger partial charge in [0.25, 0.3) is 0 Å². The Kier molecular flexibility index (Phi) is 5.34. The highest BCUT2D eigenvalue weighted by molar-refractivity contribution is 6.04. The predicted octanol–water partition coefficient (Wildman–Crippen LogP) is 5.90. The Balaban J connectivity index is 1.77. The molecular weight excluding hydrogens is 410 g/mol. The maximum absolute atomic E-state index is 10.9. The molecule has 1 saturated carbocycles. The molecule has 0 radical (unpaired) electrons. The molecule has 1 aromatic heterocycles.